The molecule has 3 rings (SSSR count). The topological polar surface area (TPSA) is 99.2 Å². The van der Waals surface area contributed by atoms with Crippen molar-refractivity contribution >= 4 is 16.8 Å². The van der Waals surface area contributed by atoms with Gasteiger partial charge in [-0.1, -0.05) is 11.6 Å². The lowest BCUT2D eigenvalue weighted by Gasteiger charge is -2.21. The molecule has 0 radical (unpaired) electrons. The number of nitrogens with zero attached hydrogens (tertiary/aromatic N) is 3. The van der Waals surface area contributed by atoms with Crippen LogP contribution in [0.25, 0.3) is 10.9 Å². The number of aromatic nitrogens is 3. The molecule has 0 aliphatic rings. The molecule has 0 aliphatic heterocycles. The quantitative estimate of drug-likeness (QED) is 0.730. The van der Waals surface area contributed by atoms with E-state index >= 15 is 0 Å². The summed E-state index contributed by atoms with van der Waals surface area (Å²) in [7, 11) is 0. The number of hydrogen-bond acceptors (Lipinski definition) is 5. The number of benzene rings is 1. The number of aromatic amines is 1. The van der Waals surface area contributed by atoms with Crippen LogP contribution in [0.4, 0.5) is 0 Å². The number of carbonyl (C=O) groups is 1. The summed E-state index contributed by atoms with van der Waals surface area (Å²) in [6, 6.07) is 7.52. The van der Waals surface area contributed by atoms with Crippen molar-refractivity contribution in [3.05, 3.63) is 70.0 Å². The predicted molar refractivity (Wildman–Crippen MR) is 93.2 cm³/mol. The molecule has 1 amide bonds. The summed E-state index contributed by atoms with van der Waals surface area (Å²) < 4.78 is 0. The Morgan fingerprint density at radius 3 is 2.84 bits per heavy atom. The minimum atomic E-state index is -0.383. The molecule has 3 aromatic rings. The molecule has 0 saturated heterocycles. The van der Waals surface area contributed by atoms with Gasteiger partial charge in [0, 0.05) is 30.0 Å². The van der Waals surface area contributed by atoms with Crippen molar-refractivity contribution in [3.63, 3.8) is 0 Å². The highest BCUT2D eigenvalue weighted by Gasteiger charge is 2.18. The summed E-state index contributed by atoms with van der Waals surface area (Å²) in [5.74, 6) is -0.383. The smallest absolute Gasteiger partial charge is 0.274 e. The van der Waals surface area contributed by atoms with Crippen LogP contribution in [0.3, 0.4) is 0 Å². The molecule has 2 heterocycles. The van der Waals surface area contributed by atoms with E-state index in [9.17, 15) is 14.7 Å². The van der Waals surface area contributed by atoms with Gasteiger partial charge in [-0.2, -0.15) is 0 Å². The number of amides is 1. The number of hydrogen-bond donors (Lipinski definition) is 2. The fraction of sp³-hybridized carbons (Fsp3) is 0.222. The Morgan fingerprint density at radius 1 is 1.28 bits per heavy atom. The number of aliphatic hydroxyl groups is 1. The molecule has 0 spiro atoms. The maximum atomic E-state index is 12.6. The van der Waals surface area contributed by atoms with Crippen LogP contribution in [0.15, 0.2) is 47.7 Å². The van der Waals surface area contributed by atoms with Crippen LogP contribution in [0, 0.1) is 6.92 Å². The second-order valence-corrected chi connectivity index (χ2v) is 5.76. The van der Waals surface area contributed by atoms with Gasteiger partial charge < -0.3 is 15.0 Å². The largest absolute Gasteiger partial charge is 0.395 e. The number of nitrogens with one attached hydrogen (secondary N) is 1. The van der Waals surface area contributed by atoms with Gasteiger partial charge in [0.05, 0.1) is 19.3 Å². The summed E-state index contributed by atoms with van der Waals surface area (Å²) in [6.45, 7) is 1.94. The lowest BCUT2D eigenvalue weighted by molar-refractivity contribution is 0.0701. The molecule has 7 heteroatoms. The van der Waals surface area contributed by atoms with E-state index in [1.165, 1.54) is 23.5 Å². The Bertz CT molecular complexity index is 953. The normalized spacial score (nSPS) is 10.8. The number of aryl methyl sites for hydroxylation is 1. The van der Waals surface area contributed by atoms with Gasteiger partial charge in [-0.05, 0) is 30.5 Å². The molecule has 0 atom stereocenters. The highest BCUT2D eigenvalue weighted by atomic mass is 16.3. The molecule has 0 saturated carbocycles. The fourth-order valence-corrected chi connectivity index (χ4v) is 2.64. The van der Waals surface area contributed by atoms with E-state index in [2.05, 4.69) is 15.0 Å². The van der Waals surface area contributed by atoms with Crippen LogP contribution in [-0.2, 0) is 6.54 Å². The minimum absolute atomic E-state index is 0.0786. The van der Waals surface area contributed by atoms with Crippen molar-refractivity contribution in [3.8, 4) is 0 Å². The Balaban J connectivity index is 1.94. The van der Waals surface area contributed by atoms with Crippen molar-refractivity contribution in [1.82, 2.24) is 19.9 Å². The van der Waals surface area contributed by atoms with Crippen LogP contribution >= 0.6 is 0 Å². The minimum Gasteiger partial charge on any atom is -0.395 e. The number of rotatable bonds is 5. The van der Waals surface area contributed by atoms with Crippen LogP contribution < -0.4 is 5.56 Å². The lowest BCUT2D eigenvalue weighted by atomic mass is 10.1. The van der Waals surface area contributed by atoms with Gasteiger partial charge in [0.1, 0.15) is 5.69 Å². The van der Waals surface area contributed by atoms with Crippen LogP contribution in [0.5, 0.6) is 0 Å². The van der Waals surface area contributed by atoms with E-state index in [1.807, 2.05) is 25.1 Å². The average Bonchev–Trinajstić information content (AvgIpc) is 2.62. The third kappa shape index (κ3) is 3.72. The van der Waals surface area contributed by atoms with Gasteiger partial charge in [0.25, 0.3) is 11.5 Å². The first-order chi connectivity index (χ1) is 12.1. The molecule has 7 nitrogen and oxygen atoms in total. The Kier molecular flexibility index (Phi) is 4.85. The second-order valence-electron chi connectivity index (χ2n) is 5.76. The molecule has 128 valence electrons. The molecule has 0 fully saturated rings. The Morgan fingerprint density at radius 2 is 2.12 bits per heavy atom. The number of pyridine rings is 1. The number of H-pyrrole nitrogens is 1. The molecular weight excluding hydrogens is 320 g/mol. The monoisotopic (exact) mass is 338 g/mol. The summed E-state index contributed by atoms with van der Waals surface area (Å²) in [4.78, 5) is 37.0. The number of aliphatic hydroxyl groups excluding tert-OH is 1. The fourth-order valence-electron chi connectivity index (χ4n) is 2.64. The van der Waals surface area contributed by atoms with Crippen molar-refractivity contribution in [2.24, 2.45) is 0 Å². The summed E-state index contributed by atoms with van der Waals surface area (Å²) in [5, 5.41) is 10.2. The Labute approximate surface area is 144 Å². The van der Waals surface area contributed by atoms with Crippen molar-refractivity contribution in [1.29, 1.82) is 0 Å². The molecule has 2 aromatic heterocycles. The molecule has 1 aromatic carbocycles. The predicted octanol–water partition coefficient (Wildman–Crippen LogP) is 1.26. The Hall–Kier alpha value is -3.06. The number of fused-ring (bicyclic) bond motifs is 1. The molecule has 2 N–H and O–H groups in total. The highest BCUT2D eigenvalue weighted by molar-refractivity contribution is 5.92. The second kappa shape index (κ2) is 7.23. The third-order valence-corrected chi connectivity index (χ3v) is 3.88. The van der Waals surface area contributed by atoms with Crippen molar-refractivity contribution < 1.29 is 9.90 Å². The third-order valence-electron chi connectivity index (χ3n) is 3.88. The van der Waals surface area contributed by atoms with E-state index in [0.29, 0.717) is 5.56 Å². The summed E-state index contributed by atoms with van der Waals surface area (Å²) in [6.07, 6.45) is 4.26. The average molecular weight is 338 g/mol. The molecule has 0 aliphatic carbocycles. The lowest BCUT2D eigenvalue weighted by Crippen LogP contribution is -2.35. The van der Waals surface area contributed by atoms with Crippen molar-refractivity contribution in [2.75, 3.05) is 13.2 Å². The zero-order valence-electron chi connectivity index (χ0n) is 13.8. The van der Waals surface area contributed by atoms with E-state index in [-0.39, 0.29) is 36.9 Å². The van der Waals surface area contributed by atoms with E-state index < -0.39 is 0 Å². The summed E-state index contributed by atoms with van der Waals surface area (Å²) >= 11 is 0. The van der Waals surface area contributed by atoms with Gasteiger partial charge >= 0.3 is 0 Å². The van der Waals surface area contributed by atoms with Gasteiger partial charge in [0.2, 0.25) is 0 Å². The highest BCUT2D eigenvalue weighted by Crippen LogP contribution is 2.14. The van der Waals surface area contributed by atoms with Crippen molar-refractivity contribution in [2.45, 2.75) is 13.5 Å². The van der Waals surface area contributed by atoms with Gasteiger partial charge in [-0.25, -0.2) is 4.98 Å². The van der Waals surface area contributed by atoms with E-state index in [0.717, 1.165) is 16.5 Å². The number of carbonyl (C=O) groups excluding carboxylic acids is 1. The first-order valence-corrected chi connectivity index (χ1v) is 7.87. The summed E-state index contributed by atoms with van der Waals surface area (Å²) in [5.41, 5.74) is 2.18. The van der Waals surface area contributed by atoms with Crippen LogP contribution in [-0.4, -0.2) is 44.0 Å². The molecule has 0 unspecified atom stereocenters. The van der Waals surface area contributed by atoms with Gasteiger partial charge in [-0.3, -0.25) is 14.6 Å². The molecular formula is C18H18N4O3. The van der Waals surface area contributed by atoms with Gasteiger partial charge in [0.15, 0.2) is 0 Å². The first-order valence-electron chi connectivity index (χ1n) is 7.87. The SMILES string of the molecule is Cc1ccc2[nH]c(=O)c(CN(CCO)C(=O)c3cnccn3)cc2c1. The zero-order chi connectivity index (χ0) is 17.8. The van der Waals surface area contributed by atoms with E-state index in [4.69, 9.17) is 0 Å². The molecule has 25 heavy (non-hydrogen) atoms. The maximum Gasteiger partial charge on any atom is 0.274 e. The van der Waals surface area contributed by atoms with Crippen LogP contribution in [0.2, 0.25) is 0 Å². The van der Waals surface area contributed by atoms with Crippen LogP contribution in [0.1, 0.15) is 21.6 Å². The maximum absolute atomic E-state index is 12.6. The standard InChI is InChI=1S/C18H18N4O3/c1-12-2-3-15-13(8-12)9-14(17(24)21-15)11-22(6-7-23)18(25)16-10-19-4-5-20-16/h2-5,8-10,23H,6-7,11H2,1H3,(H,21,24). The van der Waals surface area contributed by atoms with Gasteiger partial charge in [-0.15, -0.1) is 0 Å². The zero-order valence-corrected chi connectivity index (χ0v) is 13.8. The molecule has 0 bridgehead atoms. The van der Waals surface area contributed by atoms with E-state index in [1.54, 1.807) is 6.07 Å². The first kappa shape index (κ1) is 16.8.